The molecule has 0 spiro atoms. The van der Waals surface area contributed by atoms with Gasteiger partial charge in [-0.25, -0.2) is 4.39 Å². The summed E-state index contributed by atoms with van der Waals surface area (Å²) in [6.07, 6.45) is -10.5. The lowest BCUT2D eigenvalue weighted by atomic mass is 9.89. The van der Waals surface area contributed by atoms with Gasteiger partial charge in [0.15, 0.2) is 5.78 Å². The molecule has 176 valence electrons. The van der Waals surface area contributed by atoms with Crippen molar-refractivity contribution in [1.29, 1.82) is 0 Å². The van der Waals surface area contributed by atoms with E-state index >= 15 is 0 Å². The number of hydrogen-bond acceptors (Lipinski definition) is 3. The molecule has 2 aromatic rings. The van der Waals surface area contributed by atoms with Crippen molar-refractivity contribution in [2.45, 2.75) is 30.6 Å². The molecule has 1 aliphatic rings. The first kappa shape index (κ1) is 24.3. The van der Waals surface area contributed by atoms with Gasteiger partial charge in [0.05, 0.1) is 7.11 Å². The second-order valence-corrected chi connectivity index (χ2v) is 7.31. The van der Waals surface area contributed by atoms with E-state index < -0.39 is 36.4 Å². The number of methoxy groups -OCH3 is 1. The summed E-state index contributed by atoms with van der Waals surface area (Å²) < 4.78 is 101. The molecule has 0 aromatic heterocycles. The summed E-state index contributed by atoms with van der Waals surface area (Å²) >= 11 is 0. The largest absolute Gasteiger partial charge is 0.497 e. The minimum absolute atomic E-state index is 0.175. The van der Waals surface area contributed by atoms with Gasteiger partial charge in [-0.05, 0) is 17.7 Å². The minimum atomic E-state index is -6.26. The second-order valence-electron chi connectivity index (χ2n) is 7.31. The van der Waals surface area contributed by atoms with Crippen molar-refractivity contribution >= 4 is 5.78 Å². The van der Waals surface area contributed by atoms with Crippen molar-refractivity contribution in [3.63, 3.8) is 0 Å². The molecular formula is C23H18F7NO2. The molecule has 33 heavy (non-hydrogen) atoms. The summed E-state index contributed by atoms with van der Waals surface area (Å²) in [6, 6.07) is 10.6. The summed E-state index contributed by atoms with van der Waals surface area (Å²) in [4.78, 5) is 13.3. The standard InChI is InChI=1S/C23H18F7NO2/c1-33-18-10-7-15(8-11-18)13-31-14-17(20(32)16-5-3-2-4-6-16)9-12-19(31)21(24,22(25,26)27)23(28,29)30/h2-12,14,19H,13H2,1H3. The van der Waals surface area contributed by atoms with Crippen LogP contribution in [0.3, 0.4) is 0 Å². The summed E-state index contributed by atoms with van der Waals surface area (Å²) in [5.74, 6) is -0.219. The van der Waals surface area contributed by atoms with Crippen molar-refractivity contribution in [2.24, 2.45) is 0 Å². The molecule has 0 saturated heterocycles. The van der Waals surface area contributed by atoms with Gasteiger partial charge in [0.2, 0.25) is 0 Å². The number of ketones is 1. The molecule has 0 radical (unpaired) electrons. The zero-order valence-corrected chi connectivity index (χ0v) is 17.1. The van der Waals surface area contributed by atoms with E-state index in [9.17, 15) is 35.5 Å². The van der Waals surface area contributed by atoms with Crippen LogP contribution in [0.4, 0.5) is 30.7 Å². The number of halogens is 7. The lowest BCUT2D eigenvalue weighted by molar-refractivity contribution is -0.352. The smallest absolute Gasteiger partial charge is 0.434 e. The molecule has 0 fully saturated rings. The molecule has 1 unspecified atom stereocenters. The molecule has 0 amide bonds. The van der Waals surface area contributed by atoms with Gasteiger partial charge in [-0.15, -0.1) is 0 Å². The molecule has 0 aliphatic carbocycles. The average molecular weight is 473 g/mol. The number of alkyl halides is 7. The number of ether oxygens (including phenoxy) is 1. The maximum atomic E-state index is 14.9. The summed E-state index contributed by atoms with van der Waals surface area (Å²) in [6.45, 7) is -0.525. The van der Waals surface area contributed by atoms with E-state index in [1.54, 1.807) is 18.2 Å². The molecule has 2 aromatic carbocycles. The minimum Gasteiger partial charge on any atom is -0.497 e. The Morgan fingerprint density at radius 3 is 2.00 bits per heavy atom. The summed E-state index contributed by atoms with van der Waals surface area (Å²) in [5.41, 5.74) is -5.29. The fraction of sp³-hybridized carbons (Fsp3) is 0.261. The first-order chi connectivity index (χ1) is 15.4. The summed E-state index contributed by atoms with van der Waals surface area (Å²) in [5, 5.41) is 0. The van der Waals surface area contributed by atoms with Gasteiger partial charge in [-0.1, -0.05) is 54.6 Å². The highest BCUT2D eigenvalue weighted by Gasteiger charge is 2.76. The van der Waals surface area contributed by atoms with E-state index in [0.717, 1.165) is 12.3 Å². The van der Waals surface area contributed by atoms with Crippen LogP contribution in [-0.4, -0.2) is 41.9 Å². The predicted molar refractivity (Wildman–Crippen MR) is 106 cm³/mol. The number of nitrogens with zero attached hydrogens (tertiary/aromatic N) is 1. The van der Waals surface area contributed by atoms with Gasteiger partial charge < -0.3 is 9.64 Å². The maximum absolute atomic E-state index is 14.9. The lowest BCUT2D eigenvalue weighted by Gasteiger charge is -2.42. The monoisotopic (exact) mass is 473 g/mol. The fourth-order valence-corrected chi connectivity index (χ4v) is 3.44. The van der Waals surface area contributed by atoms with Gasteiger partial charge in [0.25, 0.3) is 0 Å². The molecular weight excluding hydrogens is 455 g/mol. The Morgan fingerprint density at radius 2 is 1.48 bits per heavy atom. The molecule has 10 heteroatoms. The molecule has 0 bridgehead atoms. The highest BCUT2D eigenvalue weighted by Crippen LogP contribution is 2.51. The number of rotatable bonds is 6. The third-order valence-electron chi connectivity index (χ3n) is 5.18. The molecule has 0 N–H and O–H groups in total. The number of carbonyl (C=O) groups is 1. The van der Waals surface area contributed by atoms with E-state index in [2.05, 4.69) is 0 Å². The van der Waals surface area contributed by atoms with Gasteiger partial charge >= 0.3 is 18.0 Å². The van der Waals surface area contributed by atoms with E-state index in [-0.39, 0.29) is 16.7 Å². The Balaban J connectivity index is 2.06. The van der Waals surface area contributed by atoms with Crippen LogP contribution >= 0.6 is 0 Å². The Morgan fingerprint density at radius 1 is 0.909 bits per heavy atom. The van der Waals surface area contributed by atoms with Gasteiger partial charge in [0, 0.05) is 23.9 Å². The highest BCUT2D eigenvalue weighted by atomic mass is 19.4. The SMILES string of the molecule is COc1ccc(CN2C=C(C(=O)c3ccccc3)C=CC2C(F)(C(F)(F)F)C(F)(F)F)cc1. The molecule has 3 rings (SSSR count). The number of Topliss-reactive ketones (excluding diaryl/α,β-unsaturated/α-hetero) is 1. The maximum Gasteiger partial charge on any atom is 0.434 e. The van der Waals surface area contributed by atoms with Crippen LogP contribution in [0.2, 0.25) is 0 Å². The Bertz CT molecular complexity index is 1030. The van der Waals surface area contributed by atoms with Crippen molar-refractivity contribution in [3.05, 3.63) is 89.6 Å². The van der Waals surface area contributed by atoms with E-state index in [4.69, 9.17) is 4.74 Å². The Labute approximate surface area is 184 Å². The van der Waals surface area contributed by atoms with E-state index in [1.165, 1.54) is 43.5 Å². The van der Waals surface area contributed by atoms with Crippen LogP contribution in [0.25, 0.3) is 0 Å². The van der Waals surface area contributed by atoms with Crippen LogP contribution in [0, 0.1) is 0 Å². The van der Waals surface area contributed by atoms with Crippen molar-refractivity contribution < 1.29 is 40.3 Å². The third-order valence-corrected chi connectivity index (χ3v) is 5.18. The first-order valence-corrected chi connectivity index (χ1v) is 9.59. The van der Waals surface area contributed by atoms with E-state index in [0.29, 0.717) is 16.7 Å². The number of hydrogen-bond donors (Lipinski definition) is 0. The van der Waals surface area contributed by atoms with Crippen LogP contribution in [0.1, 0.15) is 15.9 Å². The van der Waals surface area contributed by atoms with Crippen molar-refractivity contribution in [1.82, 2.24) is 4.90 Å². The van der Waals surface area contributed by atoms with Crippen LogP contribution in [0.15, 0.2) is 78.5 Å². The normalized spacial score (nSPS) is 17.0. The van der Waals surface area contributed by atoms with E-state index in [1.807, 2.05) is 0 Å². The third kappa shape index (κ3) is 4.74. The van der Waals surface area contributed by atoms with Gasteiger partial charge in [0.1, 0.15) is 11.8 Å². The zero-order chi connectivity index (χ0) is 24.4. The lowest BCUT2D eigenvalue weighted by Crippen LogP contribution is -2.64. The zero-order valence-electron chi connectivity index (χ0n) is 17.1. The second kappa shape index (κ2) is 8.92. The predicted octanol–water partition coefficient (Wildman–Crippen LogP) is 6.04. The van der Waals surface area contributed by atoms with Crippen LogP contribution < -0.4 is 4.74 Å². The quantitative estimate of drug-likeness (QED) is 0.379. The Hall–Kier alpha value is -3.30. The number of carbonyl (C=O) groups excluding carboxylic acids is 1. The Kier molecular flexibility index (Phi) is 6.58. The highest BCUT2D eigenvalue weighted by molar-refractivity contribution is 6.10. The van der Waals surface area contributed by atoms with Crippen molar-refractivity contribution in [3.8, 4) is 5.75 Å². The van der Waals surface area contributed by atoms with Crippen LogP contribution in [-0.2, 0) is 6.54 Å². The van der Waals surface area contributed by atoms with Crippen molar-refractivity contribution in [2.75, 3.05) is 7.11 Å². The van der Waals surface area contributed by atoms with Crippen LogP contribution in [0.5, 0.6) is 5.75 Å². The number of allylic oxidation sites excluding steroid dienone is 2. The number of benzene rings is 2. The van der Waals surface area contributed by atoms with Gasteiger partial charge in [-0.2, -0.15) is 26.3 Å². The fourth-order valence-electron chi connectivity index (χ4n) is 3.44. The molecule has 1 atom stereocenters. The molecule has 0 saturated carbocycles. The topological polar surface area (TPSA) is 29.5 Å². The molecule has 3 nitrogen and oxygen atoms in total. The molecule has 1 aliphatic heterocycles. The van der Waals surface area contributed by atoms with Gasteiger partial charge in [-0.3, -0.25) is 4.79 Å². The first-order valence-electron chi connectivity index (χ1n) is 9.59. The average Bonchev–Trinajstić information content (AvgIpc) is 2.77. The summed E-state index contributed by atoms with van der Waals surface area (Å²) in [7, 11) is 1.38. The molecule has 1 heterocycles.